The van der Waals surface area contributed by atoms with Gasteiger partial charge in [0.05, 0.1) is 16.1 Å². The fourth-order valence-corrected chi connectivity index (χ4v) is 1.56. The molecule has 0 radical (unpaired) electrons. The predicted octanol–water partition coefficient (Wildman–Crippen LogP) is 3.85. The second-order valence-corrected chi connectivity index (χ2v) is 4.55. The molecule has 0 atom stereocenters. The van der Waals surface area contributed by atoms with E-state index in [0.29, 0.717) is 15.6 Å². The molecule has 0 amide bonds. The molecule has 0 heterocycles. The number of ether oxygens (including phenoxy) is 1. The number of carbonyl (C=O) groups excluding carboxylic acids is 1. The van der Waals surface area contributed by atoms with Gasteiger partial charge in [-0.3, -0.25) is 0 Å². The van der Waals surface area contributed by atoms with Crippen molar-refractivity contribution in [2.75, 3.05) is 0 Å². The van der Waals surface area contributed by atoms with Gasteiger partial charge in [0.1, 0.15) is 11.6 Å². The largest absolute Gasteiger partial charge is 0.459 e. The zero-order chi connectivity index (χ0) is 13.7. The van der Waals surface area contributed by atoms with E-state index in [9.17, 15) is 4.79 Å². The minimum absolute atomic E-state index is 0.118. The van der Waals surface area contributed by atoms with Crippen LogP contribution >= 0.6 is 23.2 Å². The summed E-state index contributed by atoms with van der Waals surface area (Å²) in [6, 6.07) is 6.76. The van der Waals surface area contributed by atoms with Crippen molar-refractivity contribution in [1.29, 1.82) is 5.26 Å². The highest BCUT2D eigenvalue weighted by Gasteiger charge is 2.13. The molecule has 0 saturated carbocycles. The van der Waals surface area contributed by atoms with E-state index in [0.717, 1.165) is 0 Å². The van der Waals surface area contributed by atoms with Gasteiger partial charge in [-0.25, -0.2) is 4.79 Å². The number of nitrogens with zero attached hydrogens (tertiary/aromatic N) is 1. The van der Waals surface area contributed by atoms with Crippen molar-refractivity contribution in [3.05, 3.63) is 39.4 Å². The molecule has 0 saturated heterocycles. The summed E-state index contributed by atoms with van der Waals surface area (Å²) in [5.41, 5.74) is 0.384. The van der Waals surface area contributed by atoms with Crippen molar-refractivity contribution in [2.45, 2.75) is 20.0 Å². The van der Waals surface area contributed by atoms with E-state index in [4.69, 9.17) is 33.2 Å². The number of rotatable bonds is 3. The van der Waals surface area contributed by atoms with Crippen molar-refractivity contribution >= 4 is 35.2 Å². The van der Waals surface area contributed by atoms with Gasteiger partial charge in [-0.15, -0.1) is 0 Å². The maximum Gasteiger partial charge on any atom is 0.349 e. The maximum absolute atomic E-state index is 11.6. The third kappa shape index (κ3) is 3.76. The van der Waals surface area contributed by atoms with Crippen LogP contribution in [-0.2, 0) is 9.53 Å². The Morgan fingerprint density at radius 2 is 2.11 bits per heavy atom. The van der Waals surface area contributed by atoms with E-state index in [1.807, 2.05) is 0 Å². The zero-order valence-electron chi connectivity index (χ0n) is 9.91. The molecule has 1 aromatic rings. The molecule has 0 unspecified atom stereocenters. The van der Waals surface area contributed by atoms with Crippen LogP contribution in [-0.4, -0.2) is 12.1 Å². The van der Waals surface area contributed by atoms with Gasteiger partial charge in [-0.1, -0.05) is 35.3 Å². The van der Waals surface area contributed by atoms with Crippen LogP contribution in [0.1, 0.15) is 19.4 Å². The molecule has 0 fully saturated rings. The van der Waals surface area contributed by atoms with Gasteiger partial charge < -0.3 is 4.74 Å². The summed E-state index contributed by atoms with van der Waals surface area (Å²) >= 11 is 11.8. The number of halogens is 2. The molecule has 5 heteroatoms. The van der Waals surface area contributed by atoms with Crippen LogP contribution in [0.3, 0.4) is 0 Å². The number of carbonyl (C=O) groups is 1. The summed E-state index contributed by atoms with van der Waals surface area (Å²) in [4.78, 5) is 11.6. The van der Waals surface area contributed by atoms with Gasteiger partial charge in [-0.2, -0.15) is 5.26 Å². The van der Waals surface area contributed by atoms with Crippen molar-refractivity contribution in [1.82, 2.24) is 0 Å². The van der Waals surface area contributed by atoms with Gasteiger partial charge >= 0.3 is 5.97 Å². The monoisotopic (exact) mass is 283 g/mol. The van der Waals surface area contributed by atoms with Crippen molar-refractivity contribution in [2.24, 2.45) is 0 Å². The molecule has 3 nitrogen and oxygen atoms in total. The third-order valence-corrected chi connectivity index (χ3v) is 2.80. The van der Waals surface area contributed by atoms with E-state index >= 15 is 0 Å². The number of hydrogen-bond acceptors (Lipinski definition) is 3. The van der Waals surface area contributed by atoms with E-state index < -0.39 is 5.97 Å². The second-order valence-electron chi connectivity index (χ2n) is 3.77. The number of hydrogen-bond donors (Lipinski definition) is 0. The Hall–Kier alpha value is -1.50. The van der Waals surface area contributed by atoms with Crippen LogP contribution < -0.4 is 0 Å². The quantitative estimate of drug-likeness (QED) is 0.481. The lowest BCUT2D eigenvalue weighted by atomic mass is 10.1. The molecule has 0 aliphatic carbocycles. The molecular formula is C13H11Cl2NO2. The highest BCUT2D eigenvalue weighted by molar-refractivity contribution is 6.42. The summed E-state index contributed by atoms with van der Waals surface area (Å²) in [6.07, 6.45) is 1.07. The highest BCUT2D eigenvalue weighted by atomic mass is 35.5. The SMILES string of the molecule is CC(C)OC(=O)/C(C#N)=C/c1cccc(Cl)c1Cl. The first kappa shape index (κ1) is 14.6. The smallest absolute Gasteiger partial charge is 0.349 e. The first-order valence-corrected chi connectivity index (χ1v) is 5.98. The molecule has 0 bridgehead atoms. The van der Waals surface area contributed by atoms with Gasteiger partial charge in [0.2, 0.25) is 0 Å². The Balaban J connectivity index is 3.09. The fourth-order valence-electron chi connectivity index (χ4n) is 1.20. The minimum atomic E-state index is -0.677. The molecule has 0 N–H and O–H groups in total. The van der Waals surface area contributed by atoms with Crippen LogP contribution in [0.4, 0.5) is 0 Å². The third-order valence-electron chi connectivity index (χ3n) is 1.96. The van der Waals surface area contributed by atoms with Crippen LogP contribution in [0.5, 0.6) is 0 Å². The van der Waals surface area contributed by atoms with E-state index in [-0.39, 0.29) is 11.7 Å². The first-order chi connectivity index (χ1) is 8.45. The van der Waals surface area contributed by atoms with Crippen LogP contribution in [0.15, 0.2) is 23.8 Å². The van der Waals surface area contributed by atoms with Gasteiger partial charge in [0, 0.05) is 0 Å². The van der Waals surface area contributed by atoms with Crippen molar-refractivity contribution < 1.29 is 9.53 Å². The Morgan fingerprint density at radius 1 is 1.44 bits per heavy atom. The van der Waals surface area contributed by atoms with Crippen LogP contribution in [0.2, 0.25) is 10.0 Å². The standard InChI is InChI=1S/C13H11Cl2NO2/c1-8(2)18-13(17)10(7-16)6-9-4-3-5-11(14)12(9)15/h3-6,8H,1-2H3/b10-6+. The fraction of sp³-hybridized carbons (Fsp3) is 0.231. The van der Waals surface area contributed by atoms with Gasteiger partial charge in [-0.05, 0) is 31.6 Å². The number of benzene rings is 1. The molecule has 0 aliphatic heterocycles. The Labute approximate surface area is 116 Å². The molecule has 1 aromatic carbocycles. The van der Waals surface area contributed by atoms with E-state index in [1.165, 1.54) is 6.08 Å². The lowest BCUT2D eigenvalue weighted by Crippen LogP contribution is -2.12. The average molecular weight is 284 g/mol. The van der Waals surface area contributed by atoms with Crippen LogP contribution in [0.25, 0.3) is 6.08 Å². The molecule has 0 aromatic heterocycles. The summed E-state index contributed by atoms with van der Waals surface area (Å²) in [5, 5.41) is 9.59. The Morgan fingerprint density at radius 3 is 2.67 bits per heavy atom. The molecule has 94 valence electrons. The molecule has 0 aliphatic rings. The summed E-state index contributed by atoms with van der Waals surface area (Å²) in [6.45, 7) is 3.42. The minimum Gasteiger partial charge on any atom is -0.459 e. The number of esters is 1. The molecule has 0 spiro atoms. The average Bonchev–Trinajstić information content (AvgIpc) is 2.30. The van der Waals surface area contributed by atoms with Gasteiger partial charge in [0.25, 0.3) is 0 Å². The summed E-state index contributed by atoms with van der Waals surface area (Å²) in [5.74, 6) is -0.677. The second kappa shape index (κ2) is 6.44. The molecule has 18 heavy (non-hydrogen) atoms. The van der Waals surface area contributed by atoms with E-state index in [2.05, 4.69) is 0 Å². The topological polar surface area (TPSA) is 50.1 Å². The molecule has 1 rings (SSSR count). The van der Waals surface area contributed by atoms with Crippen molar-refractivity contribution in [3.8, 4) is 6.07 Å². The maximum atomic E-state index is 11.6. The lowest BCUT2D eigenvalue weighted by Gasteiger charge is -2.07. The number of nitriles is 1. The normalized spacial score (nSPS) is 11.2. The summed E-state index contributed by atoms with van der Waals surface area (Å²) in [7, 11) is 0. The molecular weight excluding hydrogens is 273 g/mol. The van der Waals surface area contributed by atoms with E-state index in [1.54, 1.807) is 38.1 Å². The Kier molecular flexibility index (Phi) is 5.21. The zero-order valence-corrected chi connectivity index (χ0v) is 11.4. The highest BCUT2D eigenvalue weighted by Crippen LogP contribution is 2.27. The van der Waals surface area contributed by atoms with Gasteiger partial charge in [0.15, 0.2) is 0 Å². The Bertz CT molecular complexity index is 530. The van der Waals surface area contributed by atoms with Crippen molar-refractivity contribution in [3.63, 3.8) is 0 Å². The first-order valence-electron chi connectivity index (χ1n) is 5.22. The predicted molar refractivity (Wildman–Crippen MR) is 71.3 cm³/mol. The summed E-state index contributed by atoms with van der Waals surface area (Å²) < 4.78 is 4.94. The lowest BCUT2D eigenvalue weighted by molar-refractivity contribution is -0.142. The van der Waals surface area contributed by atoms with Crippen LogP contribution in [0, 0.1) is 11.3 Å².